The molecule has 1 saturated carbocycles. The van der Waals surface area contributed by atoms with Gasteiger partial charge >= 0.3 is 0 Å². The second-order valence-corrected chi connectivity index (χ2v) is 5.41. The third-order valence-electron chi connectivity index (χ3n) is 3.92. The van der Waals surface area contributed by atoms with E-state index in [1.807, 2.05) is 4.90 Å². The molecule has 0 aromatic carbocycles. The molecule has 1 aromatic rings. The smallest absolute Gasteiger partial charge is 0.257 e. The fraction of sp³-hybridized carbons (Fsp3) is 0.692. The Bertz CT molecular complexity index is 391. The van der Waals surface area contributed by atoms with E-state index >= 15 is 0 Å². The average Bonchev–Trinajstić information content (AvgIpc) is 3.08. The number of likely N-dealkylation sites (tertiary alicyclic amines) is 1. The van der Waals surface area contributed by atoms with Crippen LogP contribution in [0.5, 0.6) is 0 Å². The number of nitrogens with one attached hydrogen (secondary N) is 2. The molecular weight excluding hydrogens is 228 g/mol. The quantitative estimate of drug-likeness (QED) is 0.836. The average molecular weight is 248 g/mol. The van der Waals surface area contributed by atoms with Crippen LogP contribution in [0.15, 0.2) is 12.4 Å². The van der Waals surface area contributed by atoms with E-state index in [9.17, 15) is 4.79 Å². The van der Waals surface area contributed by atoms with Crippen LogP contribution in [-0.2, 0) is 0 Å². The van der Waals surface area contributed by atoms with Crippen LogP contribution >= 0.6 is 0 Å². The first kappa shape index (κ1) is 11.7. The van der Waals surface area contributed by atoms with Crippen LogP contribution in [0.4, 0.5) is 0 Å². The van der Waals surface area contributed by atoms with Gasteiger partial charge in [0.25, 0.3) is 5.91 Å². The number of hydrogen-bond donors (Lipinski definition) is 2. The molecule has 3 rings (SSSR count). The monoisotopic (exact) mass is 248 g/mol. The van der Waals surface area contributed by atoms with Crippen LogP contribution < -0.4 is 5.32 Å². The zero-order valence-corrected chi connectivity index (χ0v) is 10.6. The van der Waals surface area contributed by atoms with Gasteiger partial charge in [-0.25, -0.2) is 0 Å². The predicted molar refractivity (Wildman–Crippen MR) is 68.2 cm³/mol. The van der Waals surface area contributed by atoms with Gasteiger partial charge in [0.2, 0.25) is 0 Å². The SMILES string of the molecule is O=C(c1cn[nH]c1)N1CCC(NCC2CC2)CC1. The molecule has 1 aliphatic heterocycles. The van der Waals surface area contributed by atoms with Crippen molar-refractivity contribution in [2.24, 2.45) is 5.92 Å². The molecule has 5 heteroatoms. The predicted octanol–water partition coefficient (Wildman–Crippen LogP) is 1.01. The number of H-pyrrole nitrogens is 1. The van der Waals surface area contributed by atoms with Crippen molar-refractivity contribution in [2.45, 2.75) is 31.7 Å². The zero-order chi connectivity index (χ0) is 12.4. The summed E-state index contributed by atoms with van der Waals surface area (Å²) in [6, 6.07) is 0.596. The standard InChI is InChI=1S/C13H20N4O/c18-13(11-8-15-16-9-11)17-5-3-12(4-6-17)14-7-10-1-2-10/h8-10,12,14H,1-7H2,(H,15,16). The molecule has 1 amide bonds. The van der Waals surface area contributed by atoms with Crippen molar-refractivity contribution in [3.63, 3.8) is 0 Å². The minimum Gasteiger partial charge on any atom is -0.338 e. The lowest BCUT2D eigenvalue weighted by molar-refractivity contribution is 0.0705. The molecule has 1 aromatic heterocycles. The van der Waals surface area contributed by atoms with Gasteiger partial charge in [0.05, 0.1) is 11.8 Å². The Morgan fingerprint density at radius 2 is 2.17 bits per heavy atom. The van der Waals surface area contributed by atoms with E-state index in [1.165, 1.54) is 19.4 Å². The molecule has 0 spiro atoms. The van der Waals surface area contributed by atoms with Gasteiger partial charge in [-0.2, -0.15) is 5.10 Å². The largest absolute Gasteiger partial charge is 0.338 e. The second kappa shape index (κ2) is 5.10. The Morgan fingerprint density at radius 3 is 2.78 bits per heavy atom. The molecule has 5 nitrogen and oxygen atoms in total. The Kier molecular flexibility index (Phi) is 3.32. The van der Waals surface area contributed by atoms with Crippen molar-refractivity contribution in [1.29, 1.82) is 0 Å². The summed E-state index contributed by atoms with van der Waals surface area (Å²) in [6.45, 7) is 2.87. The zero-order valence-electron chi connectivity index (χ0n) is 10.6. The molecular formula is C13H20N4O. The van der Waals surface area contributed by atoms with Gasteiger partial charge in [0.15, 0.2) is 0 Å². The molecule has 2 aliphatic rings. The molecule has 2 heterocycles. The van der Waals surface area contributed by atoms with E-state index in [0.29, 0.717) is 11.6 Å². The highest BCUT2D eigenvalue weighted by atomic mass is 16.2. The number of hydrogen-bond acceptors (Lipinski definition) is 3. The van der Waals surface area contributed by atoms with Crippen LogP contribution in [0.2, 0.25) is 0 Å². The van der Waals surface area contributed by atoms with Gasteiger partial charge in [-0.15, -0.1) is 0 Å². The number of carbonyl (C=O) groups excluding carboxylic acids is 1. The summed E-state index contributed by atoms with van der Waals surface area (Å²) < 4.78 is 0. The van der Waals surface area contributed by atoms with Crippen LogP contribution in [0, 0.1) is 5.92 Å². The van der Waals surface area contributed by atoms with Gasteiger partial charge in [-0.05, 0) is 38.1 Å². The molecule has 0 atom stereocenters. The van der Waals surface area contributed by atoms with Gasteiger partial charge < -0.3 is 10.2 Å². The summed E-state index contributed by atoms with van der Waals surface area (Å²) in [6.07, 6.45) is 8.18. The second-order valence-electron chi connectivity index (χ2n) is 5.41. The van der Waals surface area contributed by atoms with Gasteiger partial charge in [0, 0.05) is 25.3 Å². The first-order valence-corrected chi connectivity index (χ1v) is 6.84. The minimum absolute atomic E-state index is 0.101. The highest BCUT2D eigenvalue weighted by Gasteiger charge is 2.26. The number of amides is 1. The van der Waals surface area contributed by atoms with Crippen molar-refractivity contribution in [3.8, 4) is 0 Å². The van der Waals surface area contributed by atoms with E-state index in [2.05, 4.69) is 15.5 Å². The lowest BCUT2D eigenvalue weighted by Crippen LogP contribution is -2.45. The number of rotatable bonds is 4. The van der Waals surface area contributed by atoms with Gasteiger partial charge in [0.1, 0.15) is 0 Å². The fourth-order valence-electron chi connectivity index (χ4n) is 2.49. The van der Waals surface area contributed by atoms with Crippen molar-refractivity contribution in [1.82, 2.24) is 20.4 Å². The van der Waals surface area contributed by atoms with E-state index in [-0.39, 0.29) is 5.91 Å². The summed E-state index contributed by atoms with van der Waals surface area (Å²) in [7, 11) is 0. The van der Waals surface area contributed by atoms with Crippen LogP contribution in [0.1, 0.15) is 36.0 Å². The Morgan fingerprint density at radius 1 is 1.39 bits per heavy atom. The highest BCUT2D eigenvalue weighted by Crippen LogP contribution is 2.28. The Balaban J connectivity index is 1.45. The van der Waals surface area contributed by atoms with Crippen molar-refractivity contribution in [2.75, 3.05) is 19.6 Å². The lowest BCUT2D eigenvalue weighted by atomic mass is 10.0. The van der Waals surface area contributed by atoms with Gasteiger partial charge in [-0.1, -0.05) is 0 Å². The summed E-state index contributed by atoms with van der Waals surface area (Å²) in [5.74, 6) is 1.03. The summed E-state index contributed by atoms with van der Waals surface area (Å²) >= 11 is 0. The van der Waals surface area contributed by atoms with E-state index in [1.54, 1.807) is 12.4 Å². The third-order valence-corrected chi connectivity index (χ3v) is 3.92. The summed E-state index contributed by atoms with van der Waals surface area (Å²) in [5, 5.41) is 10.1. The number of nitrogens with zero attached hydrogens (tertiary/aromatic N) is 2. The molecule has 18 heavy (non-hydrogen) atoms. The van der Waals surface area contributed by atoms with Crippen molar-refractivity contribution in [3.05, 3.63) is 18.0 Å². The number of aromatic amines is 1. The van der Waals surface area contributed by atoms with Crippen molar-refractivity contribution >= 4 is 5.91 Å². The van der Waals surface area contributed by atoms with Crippen LogP contribution in [-0.4, -0.2) is 46.7 Å². The fourth-order valence-corrected chi connectivity index (χ4v) is 2.49. The molecule has 2 N–H and O–H groups in total. The van der Waals surface area contributed by atoms with Crippen molar-refractivity contribution < 1.29 is 4.79 Å². The van der Waals surface area contributed by atoms with Crippen LogP contribution in [0.3, 0.4) is 0 Å². The van der Waals surface area contributed by atoms with E-state index in [4.69, 9.17) is 0 Å². The number of piperidine rings is 1. The van der Waals surface area contributed by atoms with E-state index < -0.39 is 0 Å². The summed E-state index contributed by atoms with van der Waals surface area (Å²) in [5.41, 5.74) is 0.666. The maximum Gasteiger partial charge on any atom is 0.257 e. The third kappa shape index (κ3) is 2.72. The first-order chi connectivity index (χ1) is 8.83. The van der Waals surface area contributed by atoms with E-state index in [0.717, 1.165) is 31.8 Å². The molecule has 98 valence electrons. The number of carbonyl (C=O) groups is 1. The maximum absolute atomic E-state index is 12.1. The van der Waals surface area contributed by atoms with Crippen LogP contribution in [0.25, 0.3) is 0 Å². The summed E-state index contributed by atoms with van der Waals surface area (Å²) in [4.78, 5) is 14.0. The highest BCUT2D eigenvalue weighted by molar-refractivity contribution is 5.93. The Labute approximate surface area is 107 Å². The molecule has 2 fully saturated rings. The topological polar surface area (TPSA) is 61.0 Å². The number of aromatic nitrogens is 2. The lowest BCUT2D eigenvalue weighted by Gasteiger charge is -2.32. The molecule has 1 aliphatic carbocycles. The molecule has 0 radical (unpaired) electrons. The molecule has 1 saturated heterocycles. The Hall–Kier alpha value is -1.36. The van der Waals surface area contributed by atoms with Gasteiger partial charge in [-0.3, -0.25) is 9.89 Å². The first-order valence-electron chi connectivity index (χ1n) is 6.84. The molecule has 0 unspecified atom stereocenters. The minimum atomic E-state index is 0.101. The normalized spacial score (nSPS) is 21.2. The molecule has 0 bridgehead atoms. The maximum atomic E-state index is 12.1.